The molecule has 0 radical (unpaired) electrons. The van der Waals surface area contributed by atoms with Crippen molar-refractivity contribution in [3.05, 3.63) is 36.4 Å². The van der Waals surface area contributed by atoms with E-state index in [1.54, 1.807) is 36.4 Å². The van der Waals surface area contributed by atoms with Crippen LogP contribution < -0.4 is 21.3 Å². The van der Waals surface area contributed by atoms with Gasteiger partial charge in [0.1, 0.15) is 0 Å². The van der Waals surface area contributed by atoms with Gasteiger partial charge >= 0.3 is 0 Å². The van der Waals surface area contributed by atoms with Crippen LogP contribution in [-0.4, -0.2) is 23.6 Å². The number of hydrogen-bond acceptors (Lipinski definition) is 6. The van der Waals surface area contributed by atoms with E-state index in [1.807, 2.05) is 0 Å². The molecular formula is C20H22N4O4S2. The zero-order chi connectivity index (χ0) is 22.3. The molecule has 0 aliphatic carbocycles. The summed E-state index contributed by atoms with van der Waals surface area (Å²) in [7, 11) is 2.56. The fourth-order valence-corrected chi connectivity index (χ4v) is 5.07. The topological polar surface area (TPSA) is 116 Å². The molecule has 158 valence electrons. The minimum absolute atomic E-state index is 0.251. The van der Waals surface area contributed by atoms with Crippen molar-refractivity contribution in [3.63, 3.8) is 0 Å². The summed E-state index contributed by atoms with van der Waals surface area (Å²) < 4.78 is 0. The number of amides is 4. The lowest BCUT2D eigenvalue weighted by molar-refractivity contribution is -0.115. The quantitative estimate of drug-likeness (QED) is 0.471. The predicted molar refractivity (Wildman–Crippen MR) is 122 cm³/mol. The van der Waals surface area contributed by atoms with Gasteiger partial charge in [-0.2, -0.15) is 0 Å². The third-order valence-electron chi connectivity index (χ3n) is 3.48. The van der Waals surface area contributed by atoms with Gasteiger partial charge in [-0.3, -0.25) is 19.2 Å². The lowest BCUT2D eigenvalue weighted by atomic mass is 10.2. The Morgan fingerprint density at radius 2 is 0.767 bits per heavy atom. The summed E-state index contributed by atoms with van der Waals surface area (Å²) in [6.45, 7) is 5.59. The van der Waals surface area contributed by atoms with Crippen molar-refractivity contribution in [2.75, 3.05) is 21.3 Å². The molecule has 0 fully saturated rings. The van der Waals surface area contributed by atoms with Gasteiger partial charge in [-0.25, -0.2) is 0 Å². The van der Waals surface area contributed by atoms with Gasteiger partial charge in [0.05, 0.1) is 32.5 Å². The summed E-state index contributed by atoms with van der Waals surface area (Å²) in [6.07, 6.45) is 0. The van der Waals surface area contributed by atoms with Gasteiger partial charge in [0.2, 0.25) is 23.6 Å². The van der Waals surface area contributed by atoms with Gasteiger partial charge in [0.25, 0.3) is 0 Å². The minimum atomic E-state index is -0.251. The average Bonchev–Trinajstić information content (AvgIpc) is 2.61. The van der Waals surface area contributed by atoms with E-state index in [2.05, 4.69) is 21.3 Å². The van der Waals surface area contributed by atoms with E-state index in [-0.39, 0.29) is 23.6 Å². The largest absolute Gasteiger partial charge is 0.325 e. The molecule has 30 heavy (non-hydrogen) atoms. The molecule has 0 saturated heterocycles. The van der Waals surface area contributed by atoms with Gasteiger partial charge in [0.15, 0.2) is 0 Å². The number of rotatable bonds is 7. The normalized spacial score (nSPS) is 10.1. The van der Waals surface area contributed by atoms with Gasteiger partial charge in [-0.15, -0.1) is 0 Å². The molecule has 2 aromatic carbocycles. The maximum Gasteiger partial charge on any atom is 0.221 e. The van der Waals surface area contributed by atoms with Crippen LogP contribution in [0.4, 0.5) is 22.7 Å². The van der Waals surface area contributed by atoms with Crippen LogP contribution in [0.25, 0.3) is 0 Å². The maximum atomic E-state index is 11.6. The van der Waals surface area contributed by atoms with E-state index < -0.39 is 0 Å². The van der Waals surface area contributed by atoms with E-state index in [0.717, 1.165) is 0 Å². The molecule has 2 rings (SSSR count). The molecule has 0 aromatic heterocycles. The monoisotopic (exact) mass is 446 g/mol. The number of benzene rings is 2. The lowest BCUT2D eigenvalue weighted by Gasteiger charge is -2.17. The van der Waals surface area contributed by atoms with Crippen molar-refractivity contribution in [3.8, 4) is 0 Å². The molecule has 0 aliphatic rings. The van der Waals surface area contributed by atoms with Crippen LogP contribution in [0.15, 0.2) is 46.2 Å². The van der Waals surface area contributed by atoms with E-state index >= 15 is 0 Å². The molecule has 0 spiro atoms. The van der Waals surface area contributed by atoms with E-state index in [0.29, 0.717) is 32.5 Å². The fraction of sp³-hybridized carbons (Fsp3) is 0.200. The molecule has 0 unspecified atom stereocenters. The Kier molecular flexibility index (Phi) is 8.31. The molecular weight excluding hydrogens is 424 g/mol. The number of carbonyl (C=O) groups is 4. The molecule has 4 N–H and O–H groups in total. The van der Waals surface area contributed by atoms with Crippen molar-refractivity contribution in [1.29, 1.82) is 0 Å². The highest BCUT2D eigenvalue weighted by Gasteiger charge is 2.17. The second kappa shape index (κ2) is 10.7. The Bertz CT molecular complexity index is 847. The van der Waals surface area contributed by atoms with Crippen molar-refractivity contribution in [2.24, 2.45) is 0 Å². The van der Waals surface area contributed by atoms with Crippen LogP contribution in [0, 0.1) is 0 Å². The Morgan fingerprint density at radius 3 is 0.967 bits per heavy atom. The van der Waals surface area contributed by atoms with Gasteiger partial charge in [-0.1, -0.05) is 12.1 Å². The molecule has 2 aromatic rings. The molecule has 0 heterocycles. The second-order valence-corrected chi connectivity index (χ2v) is 8.41. The summed E-state index contributed by atoms with van der Waals surface area (Å²) in [6, 6.07) is 10.3. The van der Waals surface area contributed by atoms with Crippen molar-refractivity contribution in [2.45, 2.75) is 37.5 Å². The van der Waals surface area contributed by atoms with Crippen LogP contribution in [0.1, 0.15) is 27.7 Å². The molecule has 0 aliphatic heterocycles. The summed E-state index contributed by atoms with van der Waals surface area (Å²) in [5.41, 5.74) is 2.13. The molecule has 0 bridgehead atoms. The Labute approximate surface area is 182 Å². The Hall–Kier alpha value is -2.98. The van der Waals surface area contributed by atoms with E-state index in [9.17, 15) is 19.2 Å². The predicted octanol–water partition coefficient (Wildman–Crippen LogP) is 4.32. The third-order valence-corrected chi connectivity index (χ3v) is 6.03. The molecule has 4 amide bonds. The van der Waals surface area contributed by atoms with E-state index in [4.69, 9.17) is 0 Å². The second-order valence-electron chi connectivity index (χ2n) is 6.26. The number of anilines is 4. The van der Waals surface area contributed by atoms with Crippen molar-refractivity contribution in [1.82, 2.24) is 0 Å². The van der Waals surface area contributed by atoms with Gasteiger partial charge in [0, 0.05) is 27.7 Å². The lowest BCUT2D eigenvalue weighted by Crippen LogP contribution is -2.11. The van der Waals surface area contributed by atoms with E-state index in [1.165, 1.54) is 49.3 Å². The number of carbonyl (C=O) groups excluding carboxylic acids is 4. The number of hydrogen-bond donors (Lipinski definition) is 4. The van der Waals surface area contributed by atoms with Gasteiger partial charge in [-0.05, 0) is 45.9 Å². The van der Waals surface area contributed by atoms with Crippen molar-refractivity contribution >= 4 is 68.0 Å². The summed E-state index contributed by atoms with van der Waals surface area (Å²) >= 11 is 0. The maximum absolute atomic E-state index is 11.6. The standard InChI is InChI=1S/C20H22N4O4S2/c1-11(25)21-15-7-5-8-16(22-12(2)26)19(15)29-30-20-17(23-13(3)27)9-6-10-18(20)24-14(4)28/h5-10H,1-4H3,(H,21,25)(H,22,26)(H,23,27)(H,24,28). The Balaban J connectivity index is 2.46. The van der Waals surface area contributed by atoms with Gasteiger partial charge < -0.3 is 21.3 Å². The minimum Gasteiger partial charge on any atom is -0.325 e. The zero-order valence-corrected chi connectivity index (χ0v) is 18.5. The first-order chi connectivity index (χ1) is 14.2. The fourth-order valence-electron chi connectivity index (χ4n) is 2.49. The van der Waals surface area contributed by atoms with Crippen LogP contribution in [0.3, 0.4) is 0 Å². The number of nitrogens with one attached hydrogen (secondary N) is 4. The summed E-state index contributed by atoms with van der Waals surface area (Å²) in [4.78, 5) is 47.7. The van der Waals surface area contributed by atoms with Crippen LogP contribution >= 0.6 is 21.6 Å². The van der Waals surface area contributed by atoms with Crippen LogP contribution in [-0.2, 0) is 19.2 Å². The first-order valence-electron chi connectivity index (χ1n) is 8.88. The average molecular weight is 447 g/mol. The molecule has 0 saturated carbocycles. The highest BCUT2D eigenvalue weighted by atomic mass is 33.1. The third kappa shape index (κ3) is 6.82. The highest BCUT2D eigenvalue weighted by molar-refractivity contribution is 8.76. The first-order valence-corrected chi connectivity index (χ1v) is 11.0. The molecule has 0 atom stereocenters. The molecule has 10 heteroatoms. The summed E-state index contributed by atoms with van der Waals surface area (Å²) in [5.74, 6) is -1.00. The highest BCUT2D eigenvalue weighted by Crippen LogP contribution is 2.49. The van der Waals surface area contributed by atoms with Crippen LogP contribution in [0.2, 0.25) is 0 Å². The first kappa shape index (κ1) is 23.3. The smallest absolute Gasteiger partial charge is 0.221 e. The Morgan fingerprint density at radius 1 is 0.533 bits per heavy atom. The van der Waals surface area contributed by atoms with Crippen LogP contribution in [0.5, 0.6) is 0 Å². The van der Waals surface area contributed by atoms with Crippen molar-refractivity contribution < 1.29 is 19.2 Å². The zero-order valence-electron chi connectivity index (χ0n) is 16.9. The molecule has 8 nitrogen and oxygen atoms in total. The summed E-state index contributed by atoms with van der Waals surface area (Å²) in [5, 5.41) is 11.0. The SMILES string of the molecule is CC(=O)Nc1cccc(NC(C)=O)c1SSc1c(NC(C)=O)cccc1NC(C)=O.